The van der Waals surface area contributed by atoms with Crippen LogP contribution in [-0.2, 0) is 4.57 Å². The molecule has 1 unspecified atom stereocenters. The van der Waals surface area contributed by atoms with E-state index in [9.17, 15) is 4.57 Å². The van der Waals surface area contributed by atoms with E-state index >= 15 is 0 Å². The zero-order valence-corrected chi connectivity index (χ0v) is 9.81. The molecule has 0 aliphatic heterocycles. The summed E-state index contributed by atoms with van der Waals surface area (Å²) in [6.45, 7) is 2.14. The third-order valence-corrected chi connectivity index (χ3v) is 4.15. The summed E-state index contributed by atoms with van der Waals surface area (Å²) in [6.07, 6.45) is 5.95. The fourth-order valence-corrected chi connectivity index (χ4v) is 1.80. The third-order valence-electron chi connectivity index (χ3n) is 1.95. The van der Waals surface area contributed by atoms with Crippen LogP contribution >= 0.6 is 20.2 Å². The van der Waals surface area contributed by atoms with Crippen molar-refractivity contribution in [1.29, 1.82) is 0 Å². The quantitative estimate of drug-likeness (QED) is 0.355. The maximum absolute atomic E-state index is 10.7. The number of unbranched alkanes of at least 4 members (excludes halogenated alkanes) is 4. The van der Waals surface area contributed by atoms with E-state index < -0.39 is 12.6 Å². The van der Waals surface area contributed by atoms with Gasteiger partial charge in [-0.1, -0.05) is 39.0 Å². The van der Waals surface area contributed by atoms with Crippen molar-refractivity contribution < 1.29 is 14.4 Å². The smallest absolute Gasteiger partial charge is 0.324 e. The van der Waals surface area contributed by atoms with E-state index in [4.69, 9.17) is 9.79 Å². The minimum absolute atomic E-state index is 0.511. The highest BCUT2D eigenvalue weighted by atomic mass is 32.1. The summed E-state index contributed by atoms with van der Waals surface area (Å²) in [4.78, 5) is 16.7. The molecule has 0 aliphatic carbocycles. The minimum Gasteiger partial charge on any atom is -0.324 e. The highest BCUT2D eigenvalue weighted by molar-refractivity contribution is 7.89. The molecule has 0 saturated carbocycles. The lowest BCUT2D eigenvalue weighted by Gasteiger charge is -2.11. The lowest BCUT2D eigenvalue weighted by Crippen LogP contribution is -1.99. The van der Waals surface area contributed by atoms with Crippen molar-refractivity contribution in [2.45, 2.75) is 50.4 Å². The van der Waals surface area contributed by atoms with Crippen LogP contribution in [0.5, 0.6) is 0 Å². The van der Waals surface area contributed by atoms with Gasteiger partial charge in [-0.15, -0.1) is 0 Å². The first-order valence-corrected chi connectivity index (χ1v) is 6.91. The van der Waals surface area contributed by atoms with Crippen molar-refractivity contribution >= 4 is 20.2 Å². The maximum Gasteiger partial charge on any atom is 0.338 e. The molecule has 0 aromatic carbocycles. The van der Waals surface area contributed by atoms with Crippen molar-refractivity contribution in [3.8, 4) is 0 Å². The number of hydrogen-bond acceptors (Lipinski definition) is 2. The van der Waals surface area contributed by atoms with Gasteiger partial charge in [0, 0.05) is 0 Å². The summed E-state index contributed by atoms with van der Waals surface area (Å²) in [5.41, 5.74) is 0. The van der Waals surface area contributed by atoms with Crippen molar-refractivity contribution in [3.63, 3.8) is 0 Å². The summed E-state index contributed by atoms with van der Waals surface area (Å²) in [6, 6.07) is 0. The lowest BCUT2D eigenvalue weighted by atomic mass is 10.1. The van der Waals surface area contributed by atoms with E-state index in [1.807, 2.05) is 0 Å². The van der Waals surface area contributed by atoms with Crippen LogP contribution in [0, 0.1) is 0 Å². The third kappa shape index (κ3) is 7.56. The van der Waals surface area contributed by atoms with Gasteiger partial charge in [-0.2, -0.15) is 12.6 Å². The SMILES string of the molecule is CCCCCCCC(S)P(=O)(O)O. The van der Waals surface area contributed by atoms with Crippen LogP contribution in [0.3, 0.4) is 0 Å². The van der Waals surface area contributed by atoms with E-state index in [1.165, 1.54) is 12.8 Å². The zero-order valence-electron chi connectivity index (χ0n) is 8.02. The Kier molecular flexibility index (Phi) is 7.15. The summed E-state index contributed by atoms with van der Waals surface area (Å²) in [7, 11) is -3.95. The van der Waals surface area contributed by atoms with Crippen molar-refractivity contribution in [2.24, 2.45) is 0 Å². The van der Waals surface area contributed by atoms with Gasteiger partial charge >= 0.3 is 7.60 Å². The van der Waals surface area contributed by atoms with Gasteiger partial charge in [0.1, 0.15) is 4.99 Å². The number of rotatable bonds is 7. The van der Waals surface area contributed by atoms with E-state index in [0.717, 1.165) is 19.3 Å². The molecule has 0 amide bonds. The normalized spacial score (nSPS) is 14.5. The van der Waals surface area contributed by atoms with Crippen LogP contribution < -0.4 is 0 Å². The number of hydrogen-bond donors (Lipinski definition) is 3. The monoisotopic (exact) mass is 226 g/mol. The molecule has 2 N–H and O–H groups in total. The second kappa shape index (κ2) is 6.88. The zero-order chi connectivity index (χ0) is 10.3. The molecule has 0 aliphatic rings. The van der Waals surface area contributed by atoms with E-state index in [-0.39, 0.29) is 0 Å². The second-order valence-corrected chi connectivity index (χ2v) is 6.10. The molecular weight excluding hydrogens is 207 g/mol. The number of thiol groups is 1. The van der Waals surface area contributed by atoms with Crippen molar-refractivity contribution in [3.05, 3.63) is 0 Å². The molecule has 0 fully saturated rings. The predicted molar refractivity (Wildman–Crippen MR) is 58.2 cm³/mol. The summed E-state index contributed by atoms with van der Waals surface area (Å²) >= 11 is 3.87. The molecule has 0 saturated heterocycles. The van der Waals surface area contributed by atoms with Gasteiger partial charge in [-0.3, -0.25) is 4.57 Å². The second-order valence-electron chi connectivity index (χ2n) is 3.27. The standard InChI is InChI=1S/C8H19O3PS/c1-2-3-4-5-6-7-8(13)12(9,10)11/h8,13H,2-7H2,1H3,(H2,9,10,11). The molecule has 1 atom stereocenters. The highest BCUT2D eigenvalue weighted by Gasteiger charge is 2.23. The van der Waals surface area contributed by atoms with Gasteiger partial charge in [-0.25, -0.2) is 0 Å². The van der Waals surface area contributed by atoms with E-state index in [2.05, 4.69) is 19.6 Å². The van der Waals surface area contributed by atoms with Crippen LogP contribution in [0.25, 0.3) is 0 Å². The van der Waals surface area contributed by atoms with E-state index in [0.29, 0.717) is 6.42 Å². The summed E-state index contributed by atoms with van der Waals surface area (Å²) < 4.78 is 10.7. The van der Waals surface area contributed by atoms with Crippen LogP contribution in [-0.4, -0.2) is 14.8 Å². The Labute approximate surface area is 85.5 Å². The Balaban J connectivity index is 3.38. The largest absolute Gasteiger partial charge is 0.338 e. The molecule has 0 spiro atoms. The molecule has 0 aromatic rings. The lowest BCUT2D eigenvalue weighted by molar-refractivity contribution is 0.366. The average Bonchev–Trinajstić information content (AvgIpc) is 2.02. The van der Waals surface area contributed by atoms with Gasteiger partial charge in [0.25, 0.3) is 0 Å². The first-order chi connectivity index (χ1) is 5.98. The molecule has 0 heterocycles. The van der Waals surface area contributed by atoms with Gasteiger partial charge in [-0.05, 0) is 6.42 Å². The molecule has 0 aromatic heterocycles. The maximum atomic E-state index is 10.7. The van der Waals surface area contributed by atoms with E-state index in [1.54, 1.807) is 0 Å². The molecule has 0 rings (SSSR count). The topological polar surface area (TPSA) is 57.5 Å². The average molecular weight is 226 g/mol. The molecule has 3 nitrogen and oxygen atoms in total. The minimum atomic E-state index is -3.95. The van der Waals surface area contributed by atoms with Gasteiger partial charge in [0.15, 0.2) is 0 Å². The predicted octanol–water partition coefficient (Wildman–Crippen LogP) is 2.78. The summed E-state index contributed by atoms with van der Waals surface area (Å²) in [5.74, 6) is 0. The van der Waals surface area contributed by atoms with Gasteiger partial charge < -0.3 is 9.79 Å². The Hall–Kier alpha value is 0.500. The summed E-state index contributed by atoms with van der Waals surface area (Å²) in [5, 5.41) is 0. The molecule has 13 heavy (non-hydrogen) atoms. The molecular formula is C8H19O3PS. The van der Waals surface area contributed by atoms with Crippen LogP contribution in [0.15, 0.2) is 0 Å². The Bertz CT molecular complexity index is 169. The van der Waals surface area contributed by atoms with Crippen molar-refractivity contribution in [2.75, 3.05) is 0 Å². The molecule has 80 valence electrons. The van der Waals surface area contributed by atoms with Crippen LogP contribution in [0.2, 0.25) is 0 Å². The van der Waals surface area contributed by atoms with Crippen LogP contribution in [0.4, 0.5) is 0 Å². The van der Waals surface area contributed by atoms with Gasteiger partial charge in [0.2, 0.25) is 0 Å². The van der Waals surface area contributed by atoms with Crippen LogP contribution in [0.1, 0.15) is 45.4 Å². The first kappa shape index (κ1) is 13.5. The Morgan fingerprint density at radius 2 is 1.77 bits per heavy atom. The fraction of sp³-hybridized carbons (Fsp3) is 1.00. The highest BCUT2D eigenvalue weighted by Crippen LogP contribution is 2.45. The molecule has 0 bridgehead atoms. The first-order valence-electron chi connectivity index (χ1n) is 4.71. The van der Waals surface area contributed by atoms with Crippen molar-refractivity contribution in [1.82, 2.24) is 0 Å². The molecule has 0 radical (unpaired) electrons. The molecule has 5 heteroatoms. The fourth-order valence-electron chi connectivity index (χ4n) is 1.10. The Morgan fingerprint density at radius 3 is 2.23 bits per heavy atom. The van der Waals surface area contributed by atoms with Gasteiger partial charge in [0.05, 0.1) is 0 Å². The Morgan fingerprint density at radius 1 is 1.23 bits per heavy atom.